The maximum Gasteiger partial charge on any atom is 0.229 e. The highest BCUT2D eigenvalue weighted by Gasteiger charge is 2.19. The minimum atomic E-state index is 0.554. The van der Waals surface area contributed by atoms with E-state index < -0.39 is 0 Å². The van der Waals surface area contributed by atoms with E-state index in [4.69, 9.17) is 16.0 Å². The van der Waals surface area contributed by atoms with Crippen molar-refractivity contribution in [1.29, 1.82) is 0 Å². The van der Waals surface area contributed by atoms with Crippen molar-refractivity contribution < 1.29 is 4.42 Å². The summed E-state index contributed by atoms with van der Waals surface area (Å²) in [5, 5.41) is 1.51. The molecule has 98 valence electrons. The van der Waals surface area contributed by atoms with Gasteiger partial charge in [-0.15, -0.1) is 0 Å². The zero-order chi connectivity index (χ0) is 13.7. The van der Waals surface area contributed by atoms with Crippen LogP contribution in [0.15, 0.2) is 10.7 Å². The van der Waals surface area contributed by atoms with E-state index in [1.54, 1.807) is 0 Å². The van der Waals surface area contributed by atoms with Gasteiger partial charge in [0.15, 0.2) is 11.4 Å². The molecule has 0 spiro atoms. The van der Waals surface area contributed by atoms with Crippen molar-refractivity contribution in [3.8, 4) is 0 Å². The summed E-state index contributed by atoms with van der Waals surface area (Å²) in [5.41, 5.74) is 3.63. The molecule has 0 aliphatic carbocycles. The Bertz CT molecular complexity index is 794. The molecule has 0 aliphatic heterocycles. The molecule has 0 unspecified atom stereocenters. The molecule has 3 rings (SSSR count). The van der Waals surface area contributed by atoms with Gasteiger partial charge in [-0.25, -0.2) is 15.0 Å². The van der Waals surface area contributed by atoms with Gasteiger partial charge in [-0.1, -0.05) is 11.6 Å². The highest BCUT2D eigenvalue weighted by atomic mass is 35.5. The Morgan fingerprint density at radius 2 is 1.95 bits per heavy atom. The Kier molecular flexibility index (Phi) is 2.60. The third-order valence-corrected chi connectivity index (χ3v) is 3.71. The van der Waals surface area contributed by atoms with E-state index in [2.05, 4.69) is 15.0 Å². The molecule has 0 saturated heterocycles. The molecule has 0 aromatic carbocycles. The second-order valence-corrected chi connectivity index (χ2v) is 5.07. The highest BCUT2D eigenvalue weighted by Crippen LogP contribution is 2.35. The van der Waals surface area contributed by atoms with Gasteiger partial charge in [-0.3, -0.25) is 0 Å². The van der Waals surface area contributed by atoms with E-state index in [0.29, 0.717) is 16.3 Å². The van der Waals surface area contributed by atoms with Crippen molar-refractivity contribution in [2.45, 2.75) is 13.8 Å². The van der Waals surface area contributed by atoms with Gasteiger partial charge in [0.25, 0.3) is 0 Å². The van der Waals surface area contributed by atoms with E-state index in [1.807, 2.05) is 32.8 Å². The third-order valence-electron chi connectivity index (χ3n) is 3.15. The first-order valence-electron chi connectivity index (χ1n) is 5.88. The molecule has 5 nitrogen and oxygen atoms in total. The first-order valence-corrected chi connectivity index (χ1v) is 6.25. The summed E-state index contributed by atoms with van der Waals surface area (Å²) in [7, 11) is 3.82. The van der Waals surface area contributed by atoms with Crippen LogP contribution in [0.2, 0.25) is 5.02 Å². The van der Waals surface area contributed by atoms with E-state index in [1.165, 1.54) is 6.33 Å². The van der Waals surface area contributed by atoms with Crippen molar-refractivity contribution in [1.82, 2.24) is 15.0 Å². The van der Waals surface area contributed by atoms with Crippen LogP contribution in [-0.4, -0.2) is 29.0 Å². The number of halogens is 1. The Balaban J connectivity index is 2.53. The lowest BCUT2D eigenvalue weighted by Crippen LogP contribution is -2.10. The Hall–Kier alpha value is -1.88. The van der Waals surface area contributed by atoms with Gasteiger partial charge in [-0.05, 0) is 19.4 Å². The Labute approximate surface area is 115 Å². The monoisotopic (exact) mass is 276 g/mol. The second kappa shape index (κ2) is 4.06. The smallest absolute Gasteiger partial charge is 0.229 e. The van der Waals surface area contributed by atoms with Crippen molar-refractivity contribution in [2.24, 2.45) is 0 Å². The average molecular weight is 277 g/mol. The number of aromatic nitrogens is 3. The summed E-state index contributed by atoms with van der Waals surface area (Å²) in [6.07, 6.45) is 1.53. The van der Waals surface area contributed by atoms with E-state index in [-0.39, 0.29) is 0 Å². The van der Waals surface area contributed by atoms with Crippen molar-refractivity contribution >= 4 is 39.6 Å². The number of pyridine rings is 1. The first kappa shape index (κ1) is 12.2. The number of hydrogen-bond acceptors (Lipinski definition) is 5. The van der Waals surface area contributed by atoms with Crippen LogP contribution in [0.1, 0.15) is 11.3 Å². The van der Waals surface area contributed by atoms with Crippen LogP contribution in [0.5, 0.6) is 0 Å². The summed E-state index contributed by atoms with van der Waals surface area (Å²) in [6, 6.07) is 0. The molecule has 0 amide bonds. The summed E-state index contributed by atoms with van der Waals surface area (Å²) in [5.74, 6) is 0.733. The summed E-state index contributed by atoms with van der Waals surface area (Å²) in [6.45, 7) is 3.81. The topological polar surface area (TPSA) is 55.1 Å². The number of fused-ring (bicyclic) bond motifs is 3. The van der Waals surface area contributed by atoms with Crippen LogP contribution in [0.3, 0.4) is 0 Å². The summed E-state index contributed by atoms with van der Waals surface area (Å²) in [4.78, 5) is 14.8. The number of rotatable bonds is 1. The molecule has 3 aromatic rings. The van der Waals surface area contributed by atoms with Gasteiger partial charge in [-0.2, -0.15) is 0 Å². The largest absolute Gasteiger partial charge is 0.432 e. The predicted molar refractivity (Wildman–Crippen MR) is 75.9 cm³/mol. The minimum Gasteiger partial charge on any atom is -0.432 e. The van der Waals surface area contributed by atoms with Crippen LogP contribution in [0.25, 0.3) is 22.2 Å². The van der Waals surface area contributed by atoms with Gasteiger partial charge in [0.05, 0.1) is 16.1 Å². The normalized spacial score (nSPS) is 11.4. The van der Waals surface area contributed by atoms with Crippen LogP contribution >= 0.6 is 11.6 Å². The molecule has 0 N–H and O–H groups in total. The second-order valence-electron chi connectivity index (χ2n) is 4.69. The molecule has 6 heteroatoms. The van der Waals surface area contributed by atoms with E-state index in [0.717, 1.165) is 28.0 Å². The Morgan fingerprint density at radius 1 is 1.21 bits per heavy atom. The fraction of sp³-hybridized carbons (Fsp3) is 0.308. The number of anilines is 1. The molecular weight excluding hydrogens is 264 g/mol. The number of nitrogens with zero attached hydrogens (tertiary/aromatic N) is 4. The van der Waals surface area contributed by atoms with Crippen LogP contribution in [0, 0.1) is 13.8 Å². The SMILES string of the molecule is Cc1nc2oc3c(N(C)C)ncnc3c2c(C)c1Cl. The molecule has 0 fully saturated rings. The Morgan fingerprint density at radius 3 is 2.63 bits per heavy atom. The lowest BCUT2D eigenvalue weighted by molar-refractivity contribution is 0.648. The molecular formula is C13H13ClN4O. The number of furan rings is 1. The van der Waals surface area contributed by atoms with Gasteiger partial charge in [0, 0.05) is 14.1 Å². The van der Waals surface area contributed by atoms with Crippen molar-refractivity contribution in [3.63, 3.8) is 0 Å². The fourth-order valence-corrected chi connectivity index (χ4v) is 2.34. The van der Waals surface area contributed by atoms with Crippen molar-refractivity contribution in [3.05, 3.63) is 22.6 Å². The van der Waals surface area contributed by atoms with Crippen LogP contribution < -0.4 is 4.90 Å². The molecule has 0 radical (unpaired) electrons. The maximum atomic E-state index is 6.26. The van der Waals surface area contributed by atoms with Gasteiger partial charge in [0.2, 0.25) is 5.71 Å². The van der Waals surface area contributed by atoms with Gasteiger partial charge >= 0.3 is 0 Å². The molecule has 0 bridgehead atoms. The maximum absolute atomic E-state index is 6.26. The highest BCUT2D eigenvalue weighted by molar-refractivity contribution is 6.33. The lowest BCUT2D eigenvalue weighted by Gasteiger charge is -2.09. The molecule has 0 saturated carbocycles. The van der Waals surface area contributed by atoms with Crippen LogP contribution in [-0.2, 0) is 0 Å². The molecule has 0 atom stereocenters. The number of hydrogen-bond donors (Lipinski definition) is 0. The standard InChI is InChI=1S/C13H13ClN4O/c1-6-8-10-11(12(18(3)4)16-5-15-10)19-13(8)17-7(2)9(6)14/h5H,1-4H3. The molecule has 19 heavy (non-hydrogen) atoms. The van der Waals surface area contributed by atoms with Gasteiger partial charge < -0.3 is 9.32 Å². The van der Waals surface area contributed by atoms with E-state index >= 15 is 0 Å². The number of aryl methyl sites for hydroxylation is 2. The lowest BCUT2D eigenvalue weighted by atomic mass is 10.1. The molecule has 3 heterocycles. The average Bonchev–Trinajstić information content (AvgIpc) is 2.73. The summed E-state index contributed by atoms with van der Waals surface area (Å²) >= 11 is 6.26. The summed E-state index contributed by atoms with van der Waals surface area (Å²) < 4.78 is 5.83. The quantitative estimate of drug-likeness (QED) is 0.683. The van der Waals surface area contributed by atoms with E-state index in [9.17, 15) is 0 Å². The molecule has 0 aliphatic rings. The molecule has 3 aromatic heterocycles. The zero-order valence-electron chi connectivity index (χ0n) is 11.2. The van der Waals surface area contributed by atoms with Crippen molar-refractivity contribution in [2.75, 3.05) is 19.0 Å². The first-order chi connectivity index (χ1) is 9.00. The predicted octanol–water partition coefficient (Wildman–Crippen LogP) is 3.11. The van der Waals surface area contributed by atoms with Crippen LogP contribution in [0.4, 0.5) is 5.82 Å². The minimum absolute atomic E-state index is 0.554. The third kappa shape index (κ3) is 1.65. The zero-order valence-corrected chi connectivity index (χ0v) is 11.9. The fourth-order valence-electron chi connectivity index (χ4n) is 2.20. The van der Waals surface area contributed by atoms with Gasteiger partial charge in [0.1, 0.15) is 11.8 Å².